The van der Waals surface area contributed by atoms with Gasteiger partial charge in [-0.25, -0.2) is 9.79 Å². The van der Waals surface area contributed by atoms with E-state index in [4.69, 9.17) is 21.1 Å². The van der Waals surface area contributed by atoms with Crippen molar-refractivity contribution < 1.29 is 14.3 Å². The topological polar surface area (TPSA) is 74.8 Å². The number of carbonyl (C=O) groups excluding carboxylic acids is 1. The summed E-state index contributed by atoms with van der Waals surface area (Å²) in [7, 11) is 2.84. The van der Waals surface area contributed by atoms with Crippen LogP contribution >= 0.6 is 45.5 Å². The standard InChI is InChI=1S/C29H25ClIN3O4S/c1-15-12-18(17(3)33(15)21-9-7-20(31)8-10-21)13-24-27(35)34-26(22-14-19(30)6-11-23(22)37-4)25(28(36)38-5)16(2)32-29(34)39-24/h6-14,26H,1-5H3/b24-13-/t26-/m1/s1. The summed E-state index contributed by atoms with van der Waals surface area (Å²) in [5.41, 5.74) is 5.09. The van der Waals surface area contributed by atoms with Crippen molar-refractivity contribution >= 4 is 57.6 Å². The van der Waals surface area contributed by atoms with E-state index in [0.717, 1.165) is 26.2 Å². The van der Waals surface area contributed by atoms with Crippen LogP contribution in [0.4, 0.5) is 0 Å². The number of nitrogens with zero attached hydrogens (tertiary/aromatic N) is 3. The number of ether oxygens (including phenoxy) is 2. The van der Waals surface area contributed by atoms with E-state index in [1.165, 1.54) is 30.1 Å². The van der Waals surface area contributed by atoms with Gasteiger partial charge in [-0.1, -0.05) is 22.9 Å². The molecule has 4 aromatic rings. The molecule has 0 bridgehead atoms. The third kappa shape index (κ3) is 4.87. The summed E-state index contributed by atoms with van der Waals surface area (Å²) in [6, 6.07) is 14.7. The molecular weight excluding hydrogens is 649 g/mol. The van der Waals surface area contributed by atoms with Crippen molar-refractivity contribution in [1.29, 1.82) is 0 Å². The van der Waals surface area contributed by atoms with Crippen LogP contribution in [0, 0.1) is 17.4 Å². The molecule has 0 aliphatic carbocycles. The molecule has 3 heterocycles. The second-order valence-electron chi connectivity index (χ2n) is 9.10. The van der Waals surface area contributed by atoms with Crippen molar-refractivity contribution in [2.45, 2.75) is 26.8 Å². The minimum absolute atomic E-state index is 0.258. The fraction of sp³-hybridized carbons (Fsp3) is 0.207. The van der Waals surface area contributed by atoms with E-state index < -0.39 is 12.0 Å². The second-order valence-corrected chi connectivity index (χ2v) is 11.8. The van der Waals surface area contributed by atoms with Gasteiger partial charge in [0.1, 0.15) is 11.8 Å². The first-order valence-electron chi connectivity index (χ1n) is 12.0. The van der Waals surface area contributed by atoms with Crippen LogP contribution in [0.15, 0.2) is 69.6 Å². The Bertz CT molecular complexity index is 1830. The number of esters is 1. The molecule has 0 fully saturated rings. The van der Waals surface area contributed by atoms with Crippen LogP contribution in [0.1, 0.15) is 35.5 Å². The third-order valence-corrected chi connectivity index (χ3v) is 8.69. The van der Waals surface area contributed by atoms with Crippen molar-refractivity contribution in [3.8, 4) is 11.4 Å². The van der Waals surface area contributed by atoms with Gasteiger partial charge in [-0.05, 0) is 104 Å². The number of thiazole rings is 1. The van der Waals surface area contributed by atoms with E-state index >= 15 is 0 Å². The van der Waals surface area contributed by atoms with Crippen LogP contribution in [0.5, 0.6) is 5.75 Å². The van der Waals surface area contributed by atoms with E-state index in [2.05, 4.69) is 62.5 Å². The quantitative estimate of drug-likeness (QED) is 0.219. The van der Waals surface area contributed by atoms with Crippen LogP contribution in [0.2, 0.25) is 5.02 Å². The number of benzene rings is 2. The van der Waals surface area contributed by atoms with Crippen LogP contribution in [-0.4, -0.2) is 29.3 Å². The fourth-order valence-electron chi connectivity index (χ4n) is 4.97. The molecule has 200 valence electrons. The molecule has 0 radical (unpaired) electrons. The summed E-state index contributed by atoms with van der Waals surface area (Å²) in [5.74, 6) is -0.0743. The summed E-state index contributed by atoms with van der Waals surface area (Å²) >= 11 is 9.92. The highest BCUT2D eigenvalue weighted by molar-refractivity contribution is 14.1. The van der Waals surface area contributed by atoms with Gasteiger partial charge >= 0.3 is 5.97 Å². The highest BCUT2D eigenvalue weighted by atomic mass is 127. The first-order valence-corrected chi connectivity index (χ1v) is 14.3. The highest BCUT2D eigenvalue weighted by Gasteiger charge is 2.35. The molecule has 10 heteroatoms. The maximum absolute atomic E-state index is 14.0. The third-order valence-electron chi connectivity index (χ3n) is 6.76. The number of aromatic nitrogens is 2. The van der Waals surface area contributed by atoms with Gasteiger partial charge in [0.15, 0.2) is 4.80 Å². The zero-order valence-electron chi connectivity index (χ0n) is 21.9. The first kappa shape index (κ1) is 27.4. The van der Waals surface area contributed by atoms with E-state index in [9.17, 15) is 9.59 Å². The molecule has 1 atom stereocenters. The van der Waals surface area contributed by atoms with Crippen molar-refractivity contribution in [2.24, 2.45) is 4.99 Å². The Balaban J connectivity index is 1.73. The molecule has 2 aromatic heterocycles. The van der Waals surface area contributed by atoms with Crippen LogP contribution in [0.3, 0.4) is 0 Å². The number of hydrogen-bond acceptors (Lipinski definition) is 6. The molecule has 2 aromatic carbocycles. The number of hydrogen-bond donors (Lipinski definition) is 0. The Hall–Kier alpha value is -3.15. The summed E-state index contributed by atoms with van der Waals surface area (Å²) in [6.45, 7) is 5.82. The summed E-state index contributed by atoms with van der Waals surface area (Å²) in [4.78, 5) is 32.1. The number of aryl methyl sites for hydroxylation is 1. The molecule has 5 rings (SSSR count). The summed E-state index contributed by atoms with van der Waals surface area (Å²) in [6.07, 6.45) is 1.89. The Labute approximate surface area is 247 Å². The lowest BCUT2D eigenvalue weighted by atomic mass is 9.95. The first-order chi connectivity index (χ1) is 18.6. The minimum Gasteiger partial charge on any atom is -0.496 e. The number of methoxy groups -OCH3 is 2. The average Bonchev–Trinajstić information content (AvgIpc) is 3.37. The monoisotopic (exact) mass is 673 g/mol. The van der Waals surface area contributed by atoms with Gasteiger partial charge < -0.3 is 14.0 Å². The molecule has 0 spiro atoms. The van der Waals surface area contributed by atoms with Crippen molar-refractivity contribution in [1.82, 2.24) is 9.13 Å². The molecule has 0 amide bonds. The molecular formula is C29H25ClIN3O4S. The number of rotatable bonds is 5. The lowest BCUT2D eigenvalue weighted by Crippen LogP contribution is -2.40. The summed E-state index contributed by atoms with van der Waals surface area (Å²) in [5, 5.41) is 0.454. The Morgan fingerprint density at radius 2 is 1.82 bits per heavy atom. The minimum atomic E-state index is -0.816. The largest absolute Gasteiger partial charge is 0.496 e. The van der Waals surface area contributed by atoms with Crippen molar-refractivity contribution in [3.05, 3.63) is 111 Å². The normalized spacial score (nSPS) is 15.3. The summed E-state index contributed by atoms with van der Waals surface area (Å²) < 4.78 is 16.1. The Morgan fingerprint density at radius 3 is 2.49 bits per heavy atom. The average molecular weight is 674 g/mol. The SMILES string of the molecule is COC(=O)C1=C(C)N=c2s/c(=C\c3cc(C)n(-c4ccc(I)cc4)c3C)c(=O)n2[C@@H]1c1cc(Cl)ccc1OC. The van der Waals surface area contributed by atoms with Gasteiger partial charge in [0, 0.05) is 31.2 Å². The molecule has 1 aliphatic rings. The van der Waals surface area contributed by atoms with E-state index in [1.807, 2.05) is 19.9 Å². The molecule has 39 heavy (non-hydrogen) atoms. The highest BCUT2D eigenvalue weighted by Crippen LogP contribution is 2.37. The molecule has 0 saturated heterocycles. The Morgan fingerprint density at radius 1 is 1.10 bits per heavy atom. The number of fused-ring (bicyclic) bond motifs is 1. The van der Waals surface area contributed by atoms with Crippen LogP contribution in [0.25, 0.3) is 11.8 Å². The lowest BCUT2D eigenvalue weighted by molar-refractivity contribution is -0.136. The van der Waals surface area contributed by atoms with Gasteiger partial charge in [-0.2, -0.15) is 0 Å². The number of carbonyl (C=O) groups is 1. The van der Waals surface area contributed by atoms with Gasteiger partial charge in [0.2, 0.25) is 0 Å². The maximum Gasteiger partial charge on any atom is 0.338 e. The van der Waals surface area contributed by atoms with Gasteiger partial charge in [0.25, 0.3) is 5.56 Å². The van der Waals surface area contributed by atoms with E-state index in [1.54, 1.807) is 25.1 Å². The Kier molecular flexibility index (Phi) is 7.58. The predicted molar refractivity (Wildman–Crippen MR) is 162 cm³/mol. The zero-order chi connectivity index (χ0) is 28.0. The second kappa shape index (κ2) is 10.8. The van der Waals surface area contributed by atoms with Crippen molar-refractivity contribution in [3.63, 3.8) is 0 Å². The maximum atomic E-state index is 14.0. The van der Waals surface area contributed by atoms with E-state index in [0.29, 0.717) is 31.4 Å². The molecule has 7 nitrogen and oxygen atoms in total. The molecule has 1 aliphatic heterocycles. The molecule has 0 N–H and O–H groups in total. The molecule has 0 saturated carbocycles. The van der Waals surface area contributed by atoms with Gasteiger partial charge in [-0.3, -0.25) is 9.36 Å². The predicted octanol–water partition coefficient (Wildman–Crippen LogP) is 5.08. The van der Waals surface area contributed by atoms with Gasteiger partial charge in [0.05, 0.1) is 30.0 Å². The zero-order valence-corrected chi connectivity index (χ0v) is 25.6. The lowest BCUT2D eigenvalue weighted by Gasteiger charge is -2.25. The molecule has 0 unspecified atom stereocenters. The van der Waals surface area contributed by atoms with Crippen LogP contribution < -0.4 is 19.6 Å². The van der Waals surface area contributed by atoms with E-state index in [-0.39, 0.29) is 11.1 Å². The van der Waals surface area contributed by atoms with Crippen LogP contribution in [-0.2, 0) is 9.53 Å². The number of allylic oxidation sites excluding steroid dienone is 1. The fourth-order valence-corrected chi connectivity index (χ4v) is 6.55. The smallest absolute Gasteiger partial charge is 0.338 e. The number of halogens is 2. The van der Waals surface area contributed by atoms with Gasteiger partial charge in [-0.15, -0.1) is 0 Å². The van der Waals surface area contributed by atoms with Crippen molar-refractivity contribution in [2.75, 3.05) is 14.2 Å².